The maximum absolute atomic E-state index is 5.46. The van der Waals surface area contributed by atoms with Gasteiger partial charge in [-0.2, -0.15) is 5.21 Å². The number of H-pyrrole nitrogens is 1. The average molecular weight is 259 g/mol. The van der Waals surface area contributed by atoms with Crippen LogP contribution in [-0.2, 0) is 13.6 Å². The molecule has 0 aromatic carbocycles. The highest BCUT2D eigenvalue weighted by atomic mass is 16.3. The molecule has 3 aromatic heterocycles. The van der Waals surface area contributed by atoms with Gasteiger partial charge in [0.1, 0.15) is 17.6 Å². The van der Waals surface area contributed by atoms with Gasteiger partial charge in [-0.25, -0.2) is 4.98 Å². The summed E-state index contributed by atoms with van der Waals surface area (Å²) in [6, 6.07) is 3.60. The number of aryl methyl sites for hydroxylation is 1. The van der Waals surface area contributed by atoms with Crippen LogP contribution in [0.4, 0.5) is 0 Å². The molecule has 0 aliphatic heterocycles. The Morgan fingerprint density at radius 1 is 1.53 bits per heavy atom. The maximum Gasteiger partial charge on any atom is 0.188 e. The van der Waals surface area contributed by atoms with E-state index in [1.54, 1.807) is 12.5 Å². The number of nitrogens with zero attached hydrogens (tertiary/aromatic N) is 5. The Bertz CT molecular complexity index is 613. The van der Waals surface area contributed by atoms with E-state index in [-0.39, 0.29) is 6.04 Å². The second-order valence-electron chi connectivity index (χ2n) is 4.05. The lowest BCUT2D eigenvalue weighted by Crippen LogP contribution is -2.25. The Kier molecular flexibility index (Phi) is 3.07. The SMILES string of the molecule is Cn1ccnc1C(NCc1nn[nH]n1)c1ccco1. The molecule has 3 heterocycles. The third kappa shape index (κ3) is 2.38. The molecule has 0 saturated carbocycles. The summed E-state index contributed by atoms with van der Waals surface area (Å²) in [7, 11) is 1.94. The van der Waals surface area contributed by atoms with Gasteiger partial charge < -0.3 is 8.98 Å². The van der Waals surface area contributed by atoms with Gasteiger partial charge in [0.25, 0.3) is 0 Å². The van der Waals surface area contributed by atoms with Crippen LogP contribution in [0.15, 0.2) is 35.2 Å². The smallest absolute Gasteiger partial charge is 0.188 e. The number of imidazole rings is 1. The zero-order valence-electron chi connectivity index (χ0n) is 10.3. The predicted molar refractivity (Wildman–Crippen MR) is 64.8 cm³/mol. The molecule has 0 aliphatic rings. The molecule has 0 saturated heterocycles. The highest BCUT2D eigenvalue weighted by Gasteiger charge is 2.20. The molecule has 3 aromatic rings. The summed E-state index contributed by atoms with van der Waals surface area (Å²) in [4.78, 5) is 4.35. The van der Waals surface area contributed by atoms with Crippen LogP contribution in [0.25, 0.3) is 0 Å². The molecule has 8 nitrogen and oxygen atoms in total. The molecule has 8 heteroatoms. The van der Waals surface area contributed by atoms with Crippen molar-refractivity contribution >= 4 is 0 Å². The Balaban J connectivity index is 1.83. The summed E-state index contributed by atoms with van der Waals surface area (Å²) < 4.78 is 7.41. The van der Waals surface area contributed by atoms with Crippen molar-refractivity contribution in [3.05, 3.63) is 48.2 Å². The Hall–Kier alpha value is -2.48. The molecular formula is C11H13N7O. The van der Waals surface area contributed by atoms with Crippen LogP contribution in [-0.4, -0.2) is 30.2 Å². The zero-order chi connectivity index (χ0) is 13.1. The molecule has 0 bridgehead atoms. The average Bonchev–Trinajstić information content (AvgIpc) is 3.13. The second kappa shape index (κ2) is 5.02. The van der Waals surface area contributed by atoms with Gasteiger partial charge in [-0.1, -0.05) is 5.21 Å². The first-order chi connectivity index (χ1) is 9.34. The lowest BCUT2D eigenvalue weighted by atomic mass is 10.2. The van der Waals surface area contributed by atoms with E-state index in [1.165, 1.54) is 0 Å². The van der Waals surface area contributed by atoms with Gasteiger partial charge >= 0.3 is 0 Å². The van der Waals surface area contributed by atoms with E-state index in [0.29, 0.717) is 12.4 Å². The number of hydrogen-bond donors (Lipinski definition) is 2. The maximum atomic E-state index is 5.46. The highest BCUT2D eigenvalue weighted by Crippen LogP contribution is 2.20. The fraction of sp³-hybridized carbons (Fsp3) is 0.273. The van der Waals surface area contributed by atoms with Gasteiger partial charge in [0.15, 0.2) is 5.82 Å². The van der Waals surface area contributed by atoms with Crippen molar-refractivity contribution in [3.8, 4) is 0 Å². The van der Waals surface area contributed by atoms with Crippen LogP contribution >= 0.6 is 0 Å². The lowest BCUT2D eigenvalue weighted by molar-refractivity contribution is 0.426. The Morgan fingerprint density at radius 3 is 3.11 bits per heavy atom. The van der Waals surface area contributed by atoms with E-state index in [0.717, 1.165) is 11.6 Å². The van der Waals surface area contributed by atoms with Gasteiger partial charge in [0, 0.05) is 19.4 Å². The molecule has 1 atom stereocenters. The molecule has 0 fully saturated rings. The molecule has 0 radical (unpaired) electrons. The monoisotopic (exact) mass is 259 g/mol. The van der Waals surface area contributed by atoms with E-state index >= 15 is 0 Å². The molecule has 0 aliphatic carbocycles. The quantitative estimate of drug-likeness (QED) is 0.688. The third-order valence-electron chi connectivity index (χ3n) is 2.80. The van der Waals surface area contributed by atoms with Crippen molar-refractivity contribution in [3.63, 3.8) is 0 Å². The zero-order valence-corrected chi connectivity index (χ0v) is 10.3. The van der Waals surface area contributed by atoms with E-state index in [1.807, 2.05) is 29.9 Å². The van der Waals surface area contributed by atoms with Gasteiger partial charge in [0.05, 0.1) is 12.8 Å². The number of aromatic amines is 1. The molecule has 98 valence electrons. The van der Waals surface area contributed by atoms with Crippen LogP contribution in [0.3, 0.4) is 0 Å². The van der Waals surface area contributed by atoms with Crippen molar-refractivity contribution in [2.45, 2.75) is 12.6 Å². The van der Waals surface area contributed by atoms with Gasteiger partial charge in [0.2, 0.25) is 0 Å². The summed E-state index contributed by atoms with van der Waals surface area (Å²) >= 11 is 0. The van der Waals surface area contributed by atoms with E-state index in [9.17, 15) is 0 Å². The molecule has 2 N–H and O–H groups in total. The highest BCUT2D eigenvalue weighted by molar-refractivity contribution is 5.15. The summed E-state index contributed by atoms with van der Waals surface area (Å²) in [5, 5.41) is 17.1. The van der Waals surface area contributed by atoms with Crippen LogP contribution in [0.5, 0.6) is 0 Å². The minimum Gasteiger partial charge on any atom is -0.467 e. The molecule has 19 heavy (non-hydrogen) atoms. The van der Waals surface area contributed by atoms with Gasteiger partial charge in [-0.05, 0) is 12.1 Å². The second-order valence-corrected chi connectivity index (χ2v) is 4.05. The van der Waals surface area contributed by atoms with Gasteiger partial charge in [-0.3, -0.25) is 5.32 Å². The number of aromatic nitrogens is 6. The number of rotatable bonds is 5. The number of nitrogens with one attached hydrogen (secondary N) is 2. The van der Waals surface area contributed by atoms with Crippen molar-refractivity contribution in [2.75, 3.05) is 0 Å². The standard InChI is InChI=1S/C11H13N7O/c1-18-5-4-12-11(18)10(8-3-2-6-19-8)13-7-9-14-16-17-15-9/h2-6,10,13H,7H2,1H3,(H,14,15,16,17). The number of hydrogen-bond acceptors (Lipinski definition) is 6. The first-order valence-electron chi connectivity index (χ1n) is 5.81. The van der Waals surface area contributed by atoms with E-state index in [2.05, 4.69) is 30.9 Å². The number of tetrazole rings is 1. The molecule has 0 amide bonds. The fourth-order valence-corrected chi connectivity index (χ4v) is 1.88. The summed E-state index contributed by atoms with van der Waals surface area (Å²) in [5.74, 6) is 2.24. The van der Waals surface area contributed by atoms with Crippen LogP contribution in [0.1, 0.15) is 23.5 Å². The minimum absolute atomic E-state index is 0.159. The molecule has 3 rings (SSSR count). The Labute approximate surface area is 108 Å². The van der Waals surface area contributed by atoms with Crippen molar-refractivity contribution < 1.29 is 4.42 Å². The van der Waals surface area contributed by atoms with Crippen LogP contribution in [0.2, 0.25) is 0 Å². The van der Waals surface area contributed by atoms with E-state index < -0.39 is 0 Å². The normalized spacial score (nSPS) is 12.7. The first kappa shape index (κ1) is 11.6. The fourth-order valence-electron chi connectivity index (χ4n) is 1.88. The largest absolute Gasteiger partial charge is 0.467 e. The van der Waals surface area contributed by atoms with E-state index in [4.69, 9.17) is 4.42 Å². The van der Waals surface area contributed by atoms with Crippen molar-refractivity contribution in [1.82, 2.24) is 35.5 Å². The lowest BCUT2D eigenvalue weighted by Gasteiger charge is -2.15. The number of furan rings is 1. The summed E-state index contributed by atoms with van der Waals surface area (Å²) in [6.07, 6.45) is 5.28. The minimum atomic E-state index is -0.159. The first-order valence-corrected chi connectivity index (χ1v) is 5.81. The van der Waals surface area contributed by atoms with Gasteiger partial charge in [-0.15, -0.1) is 10.2 Å². The van der Waals surface area contributed by atoms with Crippen LogP contribution < -0.4 is 5.32 Å². The van der Waals surface area contributed by atoms with Crippen LogP contribution in [0, 0.1) is 0 Å². The van der Waals surface area contributed by atoms with Crippen molar-refractivity contribution in [2.24, 2.45) is 7.05 Å². The summed E-state index contributed by atoms with van der Waals surface area (Å²) in [6.45, 7) is 0.467. The Morgan fingerprint density at radius 2 is 2.47 bits per heavy atom. The third-order valence-corrected chi connectivity index (χ3v) is 2.80. The molecular weight excluding hydrogens is 246 g/mol. The van der Waals surface area contributed by atoms with Crippen molar-refractivity contribution in [1.29, 1.82) is 0 Å². The predicted octanol–water partition coefficient (Wildman–Crippen LogP) is 0.405. The summed E-state index contributed by atoms with van der Waals surface area (Å²) in [5.41, 5.74) is 0. The topological polar surface area (TPSA) is 97.5 Å². The molecule has 1 unspecified atom stereocenters. The molecule has 0 spiro atoms.